The van der Waals surface area contributed by atoms with E-state index in [9.17, 15) is 23.6 Å². The number of carbonyl (C=O) groups excluding carboxylic acids is 4. The van der Waals surface area contributed by atoms with Crippen LogP contribution in [-0.2, 0) is 19.2 Å². The average molecular weight is 798 g/mol. The van der Waals surface area contributed by atoms with Crippen molar-refractivity contribution in [3.8, 4) is 11.3 Å². The topological polar surface area (TPSA) is 152 Å². The van der Waals surface area contributed by atoms with Gasteiger partial charge >= 0.3 is 0 Å². The summed E-state index contributed by atoms with van der Waals surface area (Å²) in [5.74, 6) is -0.936. The summed E-state index contributed by atoms with van der Waals surface area (Å²) in [6, 6.07) is 12.3. The number of benzene rings is 2. The molecule has 308 valence electrons. The Balaban J connectivity index is 0.754. The van der Waals surface area contributed by atoms with Crippen LogP contribution in [0.3, 0.4) is 0 Å². The van der Waals surface area contributed by atoms with Crippen molar-refractivity contribution in [3.63, 3.8) is 0 Å². The van der Waals surface area contributed by atoms with E-state index < -0.39 is 11.9 Å². The number of piperazine rings is 1. The Kier molecular flexibility index (Phi) is 12.1. The molecule has 2 saturated carbocycles. The molecule has 1 aromatic heterocycles. The molecule has 0 radical (unpaired) electrons. The Morgan fingerprint density at radius 2 is 1.55 bits per heavy atom. The highest BCUT2D eigenvalue weighted by Crippen LogP contribution is 2.32. The molecule has 2 aromatic carbocycles. The monoisotopic (exact) mass is 797 g/mol. The third kappa shape index (κ3) is 9.24. The van der Waals surface area contributed by atoms with E-state index in [1.54, 1.807) is 23.1 Å². The zero-order valence-electron chi connectivity index (χ0n) is 32.9. The fourth-order valence-electron chi connectivity index (χ4n) is 9.34. The minimum atomic E-state index is -0.562. The highest BCUT2D eigenvalue weighted by atomic mass is 19.1. The van der Waals surface area contributed by atoms with E-state index in [0.717, 1.165) is 83.0 Å². The van der Waals surface area contributed by atoms with Gasteiger partial charge in [0.25, 0.3) is 0 Å². The summed E-state index contributed by atoms with van der Waals surface area (Å²) in [6.45, 7) is 3.73. The van der Waals surface area contributed by atoms with Crippen molar-refractivity contribution >= 4 is 46.6 Å². The number of rotatable bonds is 10. The molecule has 5 fully saturated rings. The summed E-state index contributed by atoms with van der Waals surface area (Å²) in [5, 5.41) is 12.1. The van der Waals surface area contributed by atoms with Gasteiger partial charge in [0, 0.05) is 86.5 Å². The summed E-state index contributed by atoms with van der Waals surface area (Å²) in [4.78, 5) is 64.5. The number of anilines is 4. The highest BCUT2D eigenvalue weighted by molar-refractivity contribution is 6.01. The number of piperidine rings is 2. The molecule has 0 spiro atoms. The van der Waals surface area contributed by atoms with Crippen LogP contribution in [0.1, 0.15) is 83.5 Å². The Bertz CT molecular complexity index is 1990. The first-order valence-corrected chi connectivity index (χ1v) is 21.1. The van der Waals surface area contributed by atoms with Gasteiger partial charge in [0.15, 0.2) is 5.82 Å². The Morgan fingerprint density at radius 1 is 0.776 bits per heavy atom. The molecule has 4 heterocycles. The zero-order valence-corrected chi connectivity index (χ0v) is 32.9. The Labute approximate surface area is 337 Å². The number of imide groups is 1. The first kappa shape index (κ1) is 39.6. The molecular weight excluding hydrogens is 745 g/mol. The van der Waals surface area contributed by atoms with Crippen LogP contribution in [0, 0.1) is 17.6 Å². The molecule has 4 amide bonds. The van der Waals surface area contributed by atoms with Gasteiger partial charge in [-0.15, -0.1) is 0 Å². The molecule has 0 bridgehead atoms. The summed E-state index contributed by atoms with van der Waals surface area (Å²) in [5.41, 5.74) is 2.60. The maximum absolute atomic E-state index is 15.2. The van der Waals surface area contributed by atoms with Crippen molar-refractivity contribution in [2.45, 2.75) is 108 Å². The van der Waals surface area contributed by atoms with Crippen LogP contribution >= 0.6 is 0 Å². The fourth-order valence-corrected chi connectivity index (χ4v) is 9.34. The van der Waals surface area contributed by atoms with Gasteiger partial charge in [0.1, 0.15) is 17.6 Å². The van der Waals surface area contributed by atoms with E-state index >= 15 is 4.39 Å². The van der Waals surface area contributed by atoms with E-state index in [-0.39, 0.29) is 59.6 Å². The second kappa shape index (κ2) is 17.8. The zero-order chi connectivity index (χ0) is 40.2. The molecule has 13 nitrogen and oxygen atoms in total. The summed E-state index contributed by atoms with van der Waals surface area (Å²) in [7, 11) is 0. The van der Waals surface area contributed by atoms with Crippen molar-refractivity contribution in [2.75, 3.05) is 53.2 Å². The molecular formula is C43H53F2N9O4. The normalized spacial score (nSPS) is 25.9. The second-order valence-corrected chi connectivity index (χ2v) is 16.5. The molecule has 0 unspecified atom stereocenters. The standard InChI is InChI=1S/C43H53F2N9O4/c44-34-25-31(47-36-16-18-38(55)50-42(36)58)13-17-37(34)53-22-20-52(21-23-53)32-14-7-27(8-15-32)41(57)48-29-9-11-30(12-10-29)49-43-46-26-35(45)40(51-43)28-4-3-5-33(24-28)54-19-2-1-6-39(54)56/h3-5,13,17,24-27,29-30,32,36,47H,1-2,6-12,14-16,18-23H2,(H,48,57)(H,46,49,51)(H,50,55,58)/t27-,29?,30?,32-,36-/m0/s1. The lowest BCUT2D eigenvalue weighted by Crippen LogP contribution is -2.52. The van der Waals surface area contributed by atoms with Crippen molar-refractivity contribution in [2.24, 2.45) is 5.92 Å². The van der Waals surface area contributed by atoms with Gasteiger partial charge in [-0.25, -0.2) is 18.7 Å². The van der Waals surface area contributed by atoms with E-state index in [2.05, 4.69) is 41.0 Å². The molecule has 2 aliphatic carbocycles. The smallest absolute Gasteiger partial charge is 0.249 e. The molecule has 5 aliphatic rings. The van der Waals surface area contributed by atoms with Gasteiger partial charge < -0.3 is 25.8 Å². The number of halogens is 2. The highest BCUT2D eigenvalue weighted by Gasteiger charge is 2.33. The predicted molar refractivity (Wildman–Crippen MR) is 217 cm³/mol. The number of hydrogen-bond acceptors (Lipinski definition) is 10. The molecule has 4 N–H and O–H groups in total. The molecule has 58 heavy (non-hydrogen) atoms. The predicted octanol–water partition coefficient (Wildman–Crippen LogP) is 5.38. The lowest BCUT2D eigenvalue weighted by molar-refractivity contribution is -0.133. The van der Waals surface area contributed by atoms with Crippen LogP contribution < -0.4 is 31.1 Å². The van der Waals surface area contributed by atoms with Crippen molar-refractivity contribution < 1.29 is 28.0 Å². The minimum absolute atomic E-state index is 0.00681. The second-order valence-electron chi connectivity index (χ2n) is 16.5. The molecule has 1 atom stereocenters. The van der Waals surface area contributed by atoms with Gasteiger partial charge in [-0.3, -0.25) is 29.4 Å². The van der Waals surface area contributed by atoms with Gasteiger partial charge in [0.2, 0.25) is 29.6 Å². The maximum atomic E-state index is 15.2. The van der Waals surface area contributed by atoms with Crippen LogP contribution in [0.2, 0.25) is 0 Å². The molecule has 3 aliphatic heterocycles. The summed E-state index contributed by atoms with van der Waals surface area (Å²) >= 11 is 0. The van der Waals surface area contributed by atoms with Crippen molar-refractivity contribution in [3.05, 3.63) is 60.3 Å². The van der Waals surface area contributed by atoms with E-state index in [4.69, 9.17) is 0 Å². The van der Waals surface area contributed by atoms with E-state index in [0.29, 0.717) is 61.4 Å². The Morgan fingerprint density at radius 3 is 2.29 bits per heavy atom. The van der Waals surface area contributed by atoms with Gasteiger partial charge in [0.05, 0.1) is 11.9 Å². The van der Waals surface area contributed by atoms with Gasteiger partial charge in [-0.1, -0.05) is 12.1 Å². The number of carbonyl (C=O) groups is 4. The molecule has 3 aromatic rings. The maximum Gasteiger partial charge on any atom is 0.249 e. The fraction of sp³-hybridized carbons (Fsp3) is 0.535. The van der Waals surface area contributed by atoms with E-state index in [1.807, 2.05) is 18.2 Å². The quantitative estimate of drug-likeness (QED) is 0.197. The minimum Gasteiger partial charge on any atom is -0.374 e. The van der Waals surface area contributed by atoms with Crippen LogP contribution in [0.5, 0.6) is 0 Å². The van der Waals surface area contributed by atoms with Crippen LogP contribution in [0.25, 0.3) is 11.3 Å². The first-order valence-electron chi connectivity index (χ1n) is 21.1. The lowest BCUT2D eigenvalue weighted by Gasteiger charge is -2.42. The lowest BCUT2D eigenvalue weighted by atomic mass is 9.83. The largest absolute Gasteiger partial charge is 0.374 e. The van der Waals surface area contributed by atoms with Gasteiger partial charge in [-0.05, 0) is 101 Å². The van der Waals surface area contributed by atoms with Crippen molar-refractivity contribution in [1.82, 2.24) is 25.5 Å². The van der Waals surface area contributed by atoms with Crippen LogP contribution in [0.15, 0.2) is 48.7 Å². The van der Waals surface area contributed by atoms with Crippen LogP contribution in [0.4, 0.5) is 31.8 Å². The Hall–Kier alpha value is -5.18. The average Bonchev–Trinajstić information content (AvgIpc) is 3.24. The third-order valence-corrected chi connectivity index (χ3v) is 12.7. The van der Waals surface area contributed by atoms with Gasteiger partial charge in [-0.2, -0.15) is 0 Å². The first-order chi connectivity index (χ1) is 28.2. The SMILES string of the molecule is O=C1CC[C@H](Nc2ccc(N3CCN([C@H]4CC[C@H](C(=O)NC5CCC(Nc6ncc(F)c(-c7cccc(N8CCCCC8=O)c7)n6)CC5)CC4)CC3)c(F)c2)C(=O)N1. The van der Waals surface area contributed by atoms with E-state index in [1.165, 1.54) is 12.3 Å². The van der Waals surface area contributed by atoms with Crippen molar-refractivity contribution in [1.29, 1.82) is 0 Å². The summed E-state index contributed by atoms with van der Waals surface area (Å²) < 4.78 is 30.2. The summed E-state index contributed by atoms with van der Waals surface area (Å²) in [6.07, 6.45) is 11.2. The van der Waals surface area contributed by atoms with Crippen LogP contribution in [-0.4, -0.2) is 95.4 Å². The number of hydrogen-bond donors (Lipinski definition) is 4. The number of aromatic nitrogens is 2. The number of amides is 4. The number of nitrogens with zero attached hydrogens (tertiary/aromatic N) is 5. The molecule has 8 rings (SSSR count). The molecule has 15 heteroatoms. The number of nitrogens with one attached hydrogen (secondary N) is 4. The third-order valence-electron chi connectivity index (χ3n) is 12.7. The molecule has 3 saturated heterocycles.